The number of nitrogens with two attached hydrogens (primary N) is 1. The van der Waals surface area contributed by atoms with Crippen LogP contribution in [-0.4, -0.2) is 19.7 Å². The second kappa shape index (κ2) is 7.93. The first kappa shape index (κ1) is 15.7. The Balaban J connectivity index is 1.72. The van der Waals surface area contributed by atoms with Gasteiger partial charge in [0.1, 0.15) is 12.4 Å². The van der Waals surface area contributed by atoms with Gasteiger partial charge in [0.05, 0.1) is 12.8 Å². The Labute approximate surface area is 130 Å². The van der Waals surface area contributed by atoms with Gasteiger partial charge in [-0.25, -0.2) is 4.79 Å². The quantitative estimate of drug-likeness (QED) is 0.805. The third kappa shape index (κ3) is 4.70. The number of methoxy groups -OCH3 is 1. The second-order valence-electron chi connectivity index (χ2n) is 4.81. The minimum Gasteiger partial charge on any atom is -0.495 e. The van der Waals surface area contributed by atoms with E-state index in [0.717, 1.165) is 11.1 Å². The van der Waals surface area contributed by atoms with Crippen molar-refractivity contribution < 1.29 is 14.3 Å². The molecule has 0 heterocycles. The number of ether oxygens (including phenoxy) is 2. The molecule has 1 amide bonds. The number of carbonyl (C=O) groups excluding carboxylic acids is 1. The first-order valence-electron chi connectivity index (χ1n) is 7.06. The van der Waals surface area contributed by atoms with Gasteiger partial charge >= 0.3 is 6.09 Å². The molecular formula is C17H20N2O3. The highest BCUT2D eigenvalue weighted by molar-refractivity contribution is 5.67. The molecule has 116 valence electrons. The minimum atomic E-state index is -0.426. The van der Waals surface area contributed by atoms with Crippen LogP contribution in [0.2, 0.25) is 0 Å². The fourth-order valence-corrected chi connectivity index (χ4v) is 2.02. The van der Waals surface area contributed by atoms with Crippen LogP contribution in [0.1, 0.15) is 11.1 Å². The number of amides is 1. The zero-order chi connectivity index (χ0) is 15.8. The van der Waals surface area contributed by atoms with Crippen molar-refractivity contribution in [3.8, 4) is 5.75 Å². The lowest BCUT2D eigenvalue weighted by Gasteiger charge is -2.09. The van der Waals surface area contributed by atoms with Gasteiger partial charge in [-0.3, -0.25) is 0 Å². The summed E-state index contributed by atoms with van der Waals surface area (Å²) in [5.74, 6) is 0.652. The van der Waals surface area contributed by atoms with Gasteiger partial charge in [0, 0.05) is 6.54 Å². The highest BCUT2D eigenvalue weighted by Gasteiger charge is 2.04. The minimum absolute atomic E-state index is 0.266. The lowest BCUT2D eigenvalue weighted by molar-refractivity contribution is 0.140. The Morgan fingerprint density at radius 1 is 1.14 bits per heavy atom. The number of carbonyl (C=O) groups is 1. The Bertz CT molecular complexity index is 615. The summed E-state index contributed by atoms with van der Waals surface area (Å²) in [5, 5.41) is 2.72. The van der Waals surface area contributed by atoms with Crippen LogP contribution in [0.3, 0.4) is 0 Å². The van der Waals surface area contributed by atoms with E-state index in [-0.39, 0.29) is 6.61 Å². The summed E-state index contributed by atoms with van der Waals surface area (Å²) in [4.78, 5) is 11.6. The lowest BCUT2D eigenvalue weighted by atomic mass is 10.1. The molecule has 0 aliphatic heterocycles. The highest BCUT2D eigenvalue weighted by atomic mass is 16.5. The number of benzene rings is 2. The molecule has 2 aromatic carbocycles. The van der Waals surface area contributed by atoms with Gasteiger partial charge in [-0.1, -0.05) is 36.4 Å². The molecule has 2 aromatic rings. The molecule has 22 heavy (non-hydrogen) atoms. The zero-order valence-corrected chi connectivity index (χ0v) is 12.5. The maximum absolute atomic E-state index is 11.6. The molecule has 0 spiro atoms. The molecule has 3 N–H and O–H groups in total. The Kier molecular flexibility index (Phi) is 5.65. The van der Waals surface area contributed by atoms with Crippen molar-refractivity contribution in [1.82, 2.24) is 5.32 Å². The normalized spacial score (nSPS) is 10.0. The maximum atomic E-state index is 11.6. The average molecular weight is 300 g/mol. The van der Waals surface area contributed by atoms with Gasteiger partial charge < -0.3 is 20.5 Å². The number of nitrogen functional groups attached to an aromatic ring is 1. The third-order valence-electron chi connectivity index (χ3n) is 3.19. The van der Waals surface area contributed by atoms with Crippen LogP contribution in [0, 0.1) is 0 Å². The van der Waals surface area contributed by atoms with Gasteiger partial charge in [0.2, 0.25) is 0 Å². The zero-order valence-electron chi connectivity index (χ0n) is 12.5. The van der Waals surface area contributed by atoms with Crippen LogP contribution < -0.4 is 15.8 Å². The van der Waals surface area contributed by atoms with Crippen LogP contribution in [0.15, 0.2) is 48.5 Å². The molecule has 0 unspecified atom stereocenters. The topological polar surface area (TPSA) is 73.6 Å². The Morgan fingerprint density at radius 2 is 1.91 bits per heavy atom. The third-order valence-corrected chi connectivity index (χ3v) is 3.19. The molecule has 0 radical (unpaired) electrons. The molecular weight excluding hydrogens is 280 g/mol. The van der Waals surface area contributed by atoms with Crippen molar-refractivity contribution in [2.45, 2.75) is 13.0 Å². The summed E-state index contributed by atoms with van der Waals surface area (Å²) in [6.07, 6.45) is 0.250. The predicted octanol–water partition coefficient (Wildman–Crippen LogP) is 2.75. The molecule has 0 bridgehead atoms. The summed E-state index contributed by atoms with van der Waals surface area (Å²) in [7, 11) is 1.58. The number of alkyl carbamates (subject to hydrolysis) is 1. The van der Waals surface area contributed by atoms with E-state index in [4.69, 9.17) is 15.2 Å². The monoisotopic (exact) mass is 300 g/mol. The van der Waals surface area contributed by atoms with Crippen LogP contribution >= 0.6 is 0 Å². The first-order valence-corrected chi connectivity index (χ1v) is 7.06. The van der Waals surface area contributed by atoms with Crippen LogP contribution in [-0.2, 0) is 17.8 Å². The van der Waals surface area contributed by atoms with E-state index >= 15 is 0 Å². The second-order valence-corrected chi connectivity index (χ2v) is 4.81. The number of hydrogen-bond donors (Lipinski definition) is 2. The molecule has 0 fully saturated rings. The molecule has 2 rings (SSSR count). The molecule has 5 heteroatoms. The summed E-state index contributed by atoms with van der Waals surface area (Å²) < 4.78 is 10.2. The number of hydrogen-bond acceptors (Lipinski definition) is 4. The fraction of sp³-hybridized carbons (Fsp3) is 0.235. The highest BCUT2D eigenvalue weighted by Crippen LogP contribution is 2.21. The van der Waals surface area contributed by atoms with Crippen molar-refractivity contribution in [1.29, 1.82) is 0 Å². The molecule has 0 aromatic heterocycles. The van der Waals surface area contributed by atoms with E-state index in [2.05, 4.69) is 5.32 Å². The summed E-state index contributed by atoms with van der Waals surface area (Å²) in [6.45, 7) is 0.752. The maximum Gasteiger partial charge on any atom is 0.407 e. The van der Waals surface area contributed by atoms with Crippen molar-refractivity contribution in [3.05, 3.63) is 59.7 Å². The summed E-state index contributed by atoms with van der Waals surface area (Å²) in [5.41, 5.74) is 8.42. The van der Waals surface area contributed by atoms with Gasteiger partial charge in [0.25, 0.3) is 0 Å². The van der Waals surface area contributed by atoms with Gasteiger partial charge in [-0.15, -0.1) is 0 Å². The molecule has 0 aliphatic carbocycles. The van der Waals surface area contributed by atoms with Gasteiger partial charge in [0.15, 0.2) is 0 Å². The smallest absolute Gasteiger partial charge is 0.407 e. The number of anilines is 1. The number of nitrogens with one attached hydrogen (secondary N) is 1. The van der Waals surface area contributed by atoms with Crippen molar-refractivity contribution >= 4 is 11.8 Å². The largest absolute Gasteiger partial charge is 0.495 e. The van der Waals surface area contributed by atoms with E-state index in [1.54, 1.807) is 7.11 Å². The van der Waals surface area contributed by atoms with Crippen molar-refractivity contribution in [3.63, 3.8) is 0 Å². The molecule has 0 saturated heterocycles. The molecule has 0 saturated carbocycles. The molecule has 0 atom stereocenters. The summed E-state index contributed by atoms with van der Waals surface area (Å²) >= 11 is 0. The van der Waals surface area contributed by atoms with E-state index in [9.17, 15) is 4.79 Å². The standard InChI is InChI=1S/C17H20N2O3/c1-21-16-8-7-13(11-15(16)18)9-10-19-17(20)22-12-14-5-3-2-4-6-14/h2-8,11H,9-10,12,18H2,1H3,(H,19,20). The lowest BCUT2D eigenvalue weighted by Crippen LogP contribution is -2.26. The van der Waals surface area contributed by atoms with E-state index in [1.165, 1.54) is 0 Å². The summed E-state index contributed by atoms with van der Waals surface area (Å²) in [6, 6.07) is 15.1. The van der Waals surface area contributed by atoms with E-state index in [0.29, 0.717) is 24.4 Å². The van der Waals surface area contributed by atoms with Gasteiger partial charge in [-0.05, 0) is 29.7 Å². The Hall–Kier alpha value is -2.69. The van der Waals surface area contributed by atoms with E-state index < -0.39 is 6.09 Å². The van der Waals surface area contributed by atoms with E-state index in [1.807, 2.05) is 48.5 Å². The molecule has 5 nitrogen and oxygen atoms in total. The SMILES string of the molecule is COc1ccc(CCNC(=O)OCc2ccccc2)cc1N. The molecule has 0 aliphatic rings. The number of rotatable bonds is 6. The van der Waals surface area contributed by atoms with Gasteiger partial charge in [-0.2, -0.15) is 0 Å². The van der Waals surface area contributed by atoms with Crippen molar-refractivity contribution in [2.24, 2.45) is 0 Å². The van der Waals surface area contributed by atoms with Crippen LogP contribution in [0.25, 0.3) is 0 Å². The fourth-order valence-electron chi connectivity index (χ4n) is 2.02. The van der Waals surface area contributed by atoms with Crippen LogP contribution in [0.4, 0.5) is 10.5 Å². The van der Waals surface area contributed by atoms with Crippen LogP contribution in [0.5, 0.6) is 5.75 Å². The predicted molar refractivity (Wildman–Crippen MR) is 85.7 cm³/mol. The first-order chi connectivity index (χ1) is 10.7. The Morgan fingerprint density at radius 3 is 2.59 bits per heavy atom. The average Bonchev–Trinajstić information content (AvgIpc) is 2.54. The van der Waals surface area contributed by atoms with Crippen molar-refractivity contribution in [2.75, 3.05) is 19.4 Å².